The maximum absolute atomic E-state index is 8.81. The van der Waals surface area contributed by atoms with E-state index < -0.39 is 4.92 Å². The number of hydrogen-bond acceptors (Lipinski definition) is 2. The molecule has 92 valence electrons. The summed E-state index contributed by atoms with van der Waals surface area (Å²) in [4.78, 5) is 8.31. The van der Waals surface area contributed by atoms with Crippen molar-refractivity contribution in [2.24, 2.45) is 0 Å². The summed E-state index contributed by atoms with van der Waals surface area (Å²) in [6, 6.07) is 0. The molecule has 0 heterocycles. The molecular weight excluding hydrogens is 276 g/mol. The molecule has 0 rings (SSSR count). The fourth-order valence-electron chi connectivity index (χ4n) is 0.451. The Balaban J connectivity index is -0.0000000439. The minimum atomic E-state index is -0.500. The van der Waals surface area contributed by atoms with Crippen molar-refractivity contribution in [1.82, 2.24) is 0 Å². The van der Waals surface area contributed by atoms with Crippen molar-refractivity contribution in [3.63, 3.8) is 0 Å². The van der Waals surface area contributed by atoms with Crippen molar-refractivity contribution in [3.05, 3.63) is 41.8 Å². The predicted octanol–water partition coefficient (Wildman–Crippen LogP) is 1.29. The van der Waals surface area contributed by atoms with Crippen LogP contribution in [0, 0.1) is 17.5 Å². The second-order valence-electron chi connectivity index (χ2n) is 2.48. The predicted molar refractivity (Wildman–Crippen MR) is 69.5 cm³/mol. The van der Waals surface area contributed by atoms with E-state index in [0.717, 1.165) is 12.6 Å². The van der Waals surface area contributed by atoms with Gasteiger partial charge in [-0.1, -0.05) is 51.5 Å². The summed E-state index contributed by atoms with van der Waals surface area (Å²) in [5, 5.41) is 8.81. The molecule has 3 nitrogen and oxygen atoms in total. The van der Waals surface area contributed by atoms with Crippen molar-refractivity contribution in [1.29, 1.82) is 0 Å². The molecule has 0 aromatic heterocycles. The molecule has 0 aliphatic heterocycles. The number of hydrogen-bond donors (Lipinski definition) is 0. The van der Waals surface area contributed by atoms with Gasteiger partial charge < -0.3 is 7.43 Å². The molecule has 0 aromatic carbocycles. The molecule has 4 heteroatoms. The van der Waals surface area contributed by atoms with Crippen LogP contribution >= 0.6 is 0 Å². The van der Waals surface area contributed by atoms with Gasteiger partial charge in [0.05, 0.1) is 0 Å². The van der Waals surface area contributed by atoms with Gasteiger partial charge in [-0.05, 0) is 13.3 Å². The average molecular weight is 302 g/mol. The summed E-state index contributed by atoms with van der Waals surface area (Å²) in [7, 11) is 0.889. The van der Waals surface area contributed by atoms with E-state index in [9.17, 15) is 0 Å². The van der Waals surface area contributed by atoms with Crippen LogP contribution in [-0.4, -0.2) is 12.0 Å². The molecule has 0 fully saturated rings. The van der Waals surface area contributed by atoms with Crippen molar-refractivity contribution >= 4 is 0 Å². The third-order valence-corrected chi connectivity index (χ3v) is 0.858. The third kappa shape index (κ3) is 85.1. The van der Waals surface area contributed by atoms with Crippen LogP contribution in [0.2, 0.25) is 0 Å². The first-order chi connectivity index (χ1) is 6.50. The molecule has 16 heavy (non-hydrogen) atoms. The molecule has 0 unspecified atom stereocenters. The Bertz CT molecular complexity index is 164. The number of nitro groups is 1. The zero-order valence-corrected chi connectivity index (χ0v) is 17.0. The normalized spacial score (nSPS) is 7.06. The van der Waals surface area contributed by atoms with Gasteiger partial charge in [0.2, 0.25) is 0 Å². The van der Waals surface area contributed by atoms with E-state index in [1.165, 1.54) is 12.8 Å². The van der Waals surface area contributed by atoms with E-state index in [1.54, 1.807) is 0 Å². The van der Waals surface area contributed by atoms with Crippen LogP contribution in [0.15, 0.2) is 24.3 Å². The van der Waals surface area contributed by atoms with Crippen LogP contribution in [0.25, 0.3) is 0 Å². The van der Waals surface area contributed by atoms with Crippen molar-refractivity contribution < 1.29 is 63.1 Å². The van der Waals surface area contributed by atoms with E-state index in [2.05, 4.69) is 25.7 Å². The van der Waals surface area contributed by atoms with Gasteiger partial charge in [0.15, 0.2) is 7.05 Å². The fourth-order valence-corrected chi connectivity index (χ4v) is 0.451. The van der Waals surface area contributed by atoms with Crippen LogP contribution < -0.4 is 58.2 Å². The number of allylic oxidation sites excluding steroid dienone is 3. The molecule has 0 N–H and O–H groups in total. The number of nitrogens with zero attached hydrogens (tertiary/aromatic N) is 1. The maximum Gasteiger partial charge on any atom is 1.00 e. The molecule has 0 aliphatic carbocycles. The maximum atomic E-state index is 8.81. The van der Waals surface area contributed by atoms with Gasteiger partial charge in [-0.3, -0.25) is 10.1 Å². The Kier molecular flexibility index (Phi) is 55.7. The summed E-state index contributed by atoms with van der Waals surface area (Å²) in [5.74, 6) is 0. The third-order valence-electron chi connectivity index (χ3n) is 0.858. The van der Waals surface area contributed by atoms with E-state index in [1.807, 2.05) is 20.8 Å². The molecule has 0 radical (unpaired) electrons. The van der Waals surface area contributed by atoms with Gasteiger partial charge >= 0.3 is 58.2 Å². The second-order valence-corrected chi connectivity index (χ2v) is 2.48. The minimum Gasteiger partial charge on any atom is -0.358 e. The first-order valence-corrected chi connectivity index (χ1v) is 4.90. The molecule has 0 bridgehead atoms. The van der Waals surface area contributed by atoms with Gasteiger partial charge in [0, 0.05) is 4.92 Å². The van der Waals surface area contributed by atoms with Crippen LogP contribution in [0.5, 0.6) is 0 Å². The monoisotopic (exact) mass is 301 g/mol. The summed E-state index contributed by atoms with van der Waals surface area (Å²) < 4.78 is 0. The molecule has 0 aromatic rings. The van der Waals surface area contributed by atoms with Crippen LogP contribution in [0.3, 0.4) is 0 Å². The molecule has 0 amide bonds. The van der Waals surface area contributed by atoms with Crippen molar-refractivity contribution in [2.45, 2.75) is 40.5 Å². The van der Waals surface area contributed by atoms with Crippen molar-refractivity contribution in [3.8, 4) is 0 Å². The van der Waals surface area contributed by atoms with E-state index in [0.29, 0.717) is 0 Å². The second kappa shape index (κ2) is 29.6. The van der Waals surface area contributed by atoms with Gasteiger partial charge in [0.25, 0.3) is 0 Å². The minimum absolute atomic E-state index is 0. The topological polar surface area (TPSA) is 43.1 Å². The molecule has 0 atom stereocenters. The van der Waals surface area contributed by atoms with Gasteiger partial charge in [-0.25, -0.2) is 0 Å². The summed E-state index contributed by atoms with van der Waals surface area (Å²) in [6.07, 6.45) is 6.61. The van der Waals surface area contributed by atoms with Gasteiger partial charge in [-0.2, -0.15) is 0 Å². The SMILES string of the molecule is C=C(C)C=CCCC.CC.C[N+](=O)[O-].[CH3-].[Rb+]. The summed E-state index contributed by atoms with van der Waals surface area (Å²) in [5.41, 5.74) is 1.14. The quantitative estimate of drug-likeness (QED) is 0.341. The average Bonchev–Trinajstić information content (AvgIpc) is 2.07. The Morgan fingerprint density at radius 2 is 1.75 bits per heavy atom. The first-order valence-electron chi connectivity index (χ1n) is 4.90. The zero-order valence-electron chi connectivity index (χ0n) is 12.0. The molecular formula is C12H26NO2Rb. The van der Waals surface area contributed by atoms with Crippen molar-refractivity contribution in [2.75, 3.05) is 7.05 Å². The summed E-state index contributed by atoms with van der Waals surface area (Å²) in [6.45, 7) is 11.9. The fraction of sp³-hybridized carbons (Fsp3) is 0.583. The van der Waals surface area contributed by atoms with Crippen LogP contribution in [0.4, 0.5) is 0 Å². The zero-order chi connectivity index (χ0) is 12.0. The molecule has 0 saturated carbocycles. The molecule has 0 saturated heterocycles. The Hall–Kier alpha value is 0.685. The number of rotatable bonds is 3. The number of unbranched alkanes of at least 4 members (excludes halogenated alkanes) is 1. The van der Waals surface area contributed by atoms with E-state index in [4.69, 9.17) is 10.1 Å². The van der Waals surface area contributed by atoms with Gasteiger partial charge in [0.1, 0.15) is 0 Å². The van der Waals surface area contributed by atoms with E-state index >= 15 is 0 Å². The Morgan fingerprint density at radius 3 is 1.94 bits per heavy atom. The summed E-state index contributed by atoms with van der Waals surface area (Å²) >= 11 is 0. The Morgan fingerprint density at radius 1 is 1.44 bits per heavy atom. The van der Waals surface area contributed by atoms with Gasteiger partial charge in [-0.15, -0.1) is 0 Å². The largest absolute Gasteiger partial charge is 1.00 e. The van der Waals surface area contributed by atoms with Crippen LogP contribution in [0.1, 0.15) is 40.5 Å². The standard InChI is InChI=1S/C8H14.C2H6.CH3NO2.CH3.Rb/c1-4-5-6-7-8(2)3;1-2;1-2(3)4;;/h6-7H,2,4-5H2,1,3H3;1-2H3;1H3;1H3;/q;;;-1;+1. The Labute approximate surface area is 150 Å². The van der Waals surface area contributed by atoms with E-state index in [-0.39, 0.29) is 65.6 Å². The van der Waals surface area contributed by atoms with Crippen LogP contribution in [-0.2, 0) is 0 Å². The molecule has 0 aliphatic rings. The molecule has 0 spiro atoms. The smallest absolute Gasteiger partial charge is 0.358 e. The first kappa shape index (κ1) is 30.1.